The Morgan fingerprint density at radius 3 is 2.81 bits per heavy atom. The van der Waals surface area contributed by atoms with E-state index < -0.39 is 11.6 Å². The average molecular weight is 224 g/mol. The zero-order valence-electron chi connectivity index (χ0n) is 8.63. The largest absolute Gasteiger partial charge is 0.367 e. The minimum absolute atomic E-state index is 0.0669. The second-order valence-corrected chi connectivity index (χ2v) is 3.33. The van der Waals surface area contributed by atoms with E-state index in [9.17, 15) is 8.78 Å². The lowest BCUT2D eigenvalue weighted by atomic mass is 10.1. The van der Waals surface area contributed by atoms with Crippen LogP contribution in [0.15, 0.2) is 22.7 Å². The minimum Gasteiger partial charge on any atom is -0.367 e. The van der Waals surface area contributed by atoms with Gasteiger partial charge in [0.2, 0.25) is 5.88 Å². The number of benzene rings is 1. The van der Waals surface area contributed by atoms with Crippen molar-refractivity contribution in [1.82, 2.24) is 5.16 Å². The molecule has 5 heteroatoms. The highest BCUT2D eigenvalue weighted by atomic mass is 19.2. The molecule has 2 aromatic rings. The van der Waals surface area contributed by atoms with Gasteiger partial charge >= 0.3 is 0 Å². The molecule has 0 saturated carbocycles. The van der Waals surface area contributed by atoms with E-state index in [1.54, 1.807) is 0 Å². The molecule has 0 amide bonds. The van der Waals surface area contributed by atoms with E-state index in [0.717, 1.165) is 6.07 Å². The molecule has 0 fully saturated rings. The summed E-state index contributed by atoms with van der Waals surface area (Å²) in [6.07, 6.45) is 0.542. The molecule has 0 radical (unpaired) electrons. The number of rotatable bonds is 2. The molecular formula is C11H10F2N2O. The molecule has 84 valence electrons. The van der Waals surface area contributed by atoms with Crippen molar-refractivity contribution in [2.75, 3.05) is 5.73 Å². The standard InChI is InChI=1S/C11H10F2N2O/c1-2-6-10(15-16-11(6)14)7-4-3-5-8(12)9(7)13/h3-5H,2,14H2,1H3. The van der Waals surface area contributed by atoms with Crippen molar-refractivity contribution in [3.05, 3.63) is 35.4 Å². The second-order valence-electron chi connectivity index (χ2n) is 3.33. The Kier molecular flexibility index (Phi) is 2.60. The summed E-state index contributed by atoms with van der Waals surface area (Å²) in [5.41, 5.74) is 6.45. The van der Waals surface area contributed by atoms with Crippen molar-refractivity contribution < 1.29 is 13.3 Å². The van der Waals surface area contributed by atoms with Gasteiger partial charge in [-0.25, -0.2) is 8.78 Å². The molecule has 0 atom stereocenters. The summed E-state index contributed by atoms with van der Waals surface area (Å²) < 4.78 is 31.3. The molecule has 0 unspecified atom stereocenters. The Labute approximate surface area is 90.9 Å². The van der Waals surface area contributed by atoms with Crippen LogP contribution in [0.1, 0.15) is 12.5 Å². The van der Waals surface area contributed by atoms with Gasteiger partial charge in [-0.05, 0) is 18.6 Å². The summed E-state index contributed by atoms with van der Waals surface area (Å²) in [6, 6.07) is 3.90. The smallest absolute Gasteiger partial charge is 0.225 e. The fraction of sp³-hybridized carbons (Fsp3) is 0.182. The SMILES string of the molecule is CCc1c(-c2cccc(F)c2F)noc1N. The summed E-state index contributed by atoms with van der Waals surface area (Å²) in [5.74, 6) is -1.72. The number of hydrogen-bond acceptors (Lipinski definition) is 3. The first-order valence-electron chi connectivity index (χ1n) is 4.83. The molecule has 16 heavy (non-hydrogen) atoms. The summed E-state index contributed by atoms with van der Waals surface area (Å²) in [6.45, 7) is 1.84. The third-order valence-electron chi connectivity index (χ3n) is 2.38. The molecular weight excluding hydrogens is 214 g/mol. The Morgan fingerprint density at radius 2 is 2.12 bits per heavy atom. The quantitative estimate of drug-likeness (QED) is 0.853. The van der Waals surface area contributed by atoms with E-state index in [-0.39, 0.29) is 17.1 Å². The normalized spacial score (nSPS) is 10.7. The van der Waals surface area contributed by atoms with Crippen LogP contribution in [0.5, 0.6) is 0 Å². The Balaban J connectivity index is 2.63. The first-order valence-corrected chi connectivity index (χ1v) is 4.83. The third-order valence-corrected chi connectivity index (χ3v) is 2.38. The number of halogens is 2. The maximum absolute atomic E-state index is 13.5. The Hall–Kier alpha value is -1.91. The van der Waals surface area contributed by atoms with Crippen LogP contribution in [0, 0.1) is 11.6 Å². The van der Waals surface area contributed by atoms with Gasteiger partial charge in [0, 0.05) is 11.1 Å². The maximum atomic E-state index is 13.5. The summed E-state index contributed by atoms with van der Waals surface area (Å²) in [4.78, 5) is 0. The number of nitrogens with two attached hydrogens (primary N) is 1. The molecule has 0 aliphatic heterocycles. The molecule has 3 nitrogen and oxygen atoms in total. The van der Waals surface area contributed by atoms with Gasteiger partial charge in [0.25, 0.3) is 0 Å². The van der Waals surface area contributed by atoms with Gasteiger partial charge in [0.1, 0.15) is 5.69 Å². The predicted molar refractivity (Wildman–Crippen MR) is 55.6 cm³/mol. The van der Waals surface area contributed by atoms with Crippen molar-refractivity contribution >= 4 is 5.88 Å². The van der Waals surface area contributed by atoms with Gasteiger partial charge in [-0.15, -0.1) is 0 Å². The van der Waals surface area contributed by atoms with Gasteiger partial charge < -0.3 is 10.3 Å². The molecule has 2 N–H and O–H groups in total. The van der Waals surface area contributed by atoms with Crippen LogP contribution in [0.4, 0.5) is 14.7 Å². The van der Waals surface area contributed by atoms with E-state index in [1.165, 1.54) is 12.1 Å². The molecule has 2 rings (SSSR count). The van der Waals surface area contributed by atoms with E-state index in [4.69, 9.17) is 10.3 Å². The molecule has 0 aliphatic carbocycles. The zero-order chi connectivity index (χ0) is 11.7. The van der Waals surface area contributed by atoms with Crippen molar-refractivity contribution in [2.24, 2.45) is 0 Å². The highest BCUT2D eigenvalue weighted by molar-refractivity contribution is 5.67. The number of nitrogen functional groups attached to an aromatic ring is 1. The topological polar surface area (TPSA) is 52.0 Å². The predicted octanol–water partition coefficient (Wildman–Crippen LogP) is 2.76. The second kappa shape index (κ2) is 3.92. The monoisotopic (exact) mass is 224 g/mol. The number of aromatic nitrogens is 1. The fourth-order valence-electron chi connectivity index (χ4n) is 1.56. The van der Waals surface area contributed by atoms with Crippen LogP contribution >= 0.6 is 0 Å². The van der Waals surface area contributed by atoms with Crippen LogP contribution in [0.25, 0.3) is 11.3 Å². The van der Waals surface area contributed by atoms with Gasteiger partial charge in [-0.2, -0.15) is 0 Å². The van der Waals surface area contributed by atoms with Gasteiger partial charge in [-0.1, -0.05) is 18.1 Å². The van der Waals surface area contributed by atoms with Gasteiger partial charge in [0.15, 0.2) is 11.6 Å². The van der Waals surface area contributed by atoms with Crippen molar-refractivity contribution in [3.8, 4) is 11.3 Å². The lowest BCUT2D eigenvalue weighted by molar-refractivity contribution is 0.437. The Bertz CT molecular complexity index is 523. The highest BCUT2D eigenvalue weighted by Gasteiger charge is 2.18. The average Bonchev–Trinajstić information content (AvgIpc) is 2.63. The molecule has 0 bridgehead atoms. The number of nitrogens with zero attached hydrogens (tertiary/aromatic N) is 1. The first kappa shape index (κ1) is 10.6. The van der Waals surface area contributed by atoms with Crippen LogP contribution in [-0.2, 0) is 6.42 Å². The van der Waals surface area contributed by atoms with Crippen molar-refractivity contribution in [2.45, 2.75) is 13.3 Å². The van der Waals surface area contributed by atoms with Crippen molar-refractivity contribution in [1.29, 1.82) is 0 Å². The number of anilines is 1. The minimum atomic E-state index is -0.939. The highest BCUT2D eigenvalue weighted by Crippen LogP contribution is 2.30. The van der Waals surface area contributed by atoms with Crippen LogP contribution in [0.2, 0.25) is 0 Å². The van der Waals surface area contributed by atoms with Gasteiger partial charge in [0.05, 0.1) is 0 Å². The lowest BCUT2D eigenvalue weighted by Gasteiger charge is -2.01. The molecule has 0 spiro atoms. The summed E-state index contributed by atoms with van der Waals surface area (Å²) in [5, 5.41) is 3.65. The Morgan fingerprint density at radius 1 is 1.38 bits per heavy atom. The molecule has 0 aliphatic rings. The van der Waals surface area contributed by atoms with E-state index in [1.807, 2.05) is 6.92 Å². The summed E-state index contributed by atoms with van der Waals surface area (Å²) >= 11 is 0. The van der Waals surface area contributed by atoms with E-state index in [2.05, 4.69) is 5.16 Å². The zero-order valence-corrected chi connectivity index (χ0v) is 8.63. The van der Waals surface area contributed by atoms with E-state index in [0.29, 0.717) is 12.0 Å². The molecule has 1 heterocycles. The molecule has 0 saturated heterocycles. The van der Waals surface area contributed by atoms with E-state index >= 15 is 0 Å². The van der Waals surface area contributed by atoms with Crippen molar-refractivity contribution in [3.63, 3.8) is 0 Å². The van der Waals surface area contributed by atoms with Crippen LogP contribution < -0.4 is 5.73 Å². The summed E-state index contributed by atoms with van der Waals surface area (Å²) in [7, 11) is 0. The van der Waals surface area contributed by atoms with Gasteiger partial charge in [-0.3, -0.25) is 0 Å². The first-order chi connectivity index (χ1) is 7.65. The number of hydrogen-bond donors (Lipinski definition) is 1. The fourth-order valence-corrected chi connectivity index (χ4v) is 1.56. The maximum Gasteiger partial charge on any atom is 0.225 e. The van der Waals surface area contributed by atoms with Crippen LogP contribution in [-0.4, -0.2) is 5.16 Å². The third kappa shape index (κ3) is 1.54. The van der Waals surface area contributed by atoms with Crippen LogP contribution in [0.3, 0.4) is 0 Å². The molecule has 1 aromatic heterocycles. The lowest BCUT2D eigenvalue weighted by Crippen LogP contribution is -1.94. The molecule has 1 aromatic carbocycles.